The number of carbonyl (C=O) groups is 2. The van der Waals surface area contributed by atoms with Crippen LogP contribution in [0.3, 0.4) is 0 Å². The van der Waals surface area contributed by atoms with Crippen molar-refractivity contribution in [1.82, 2.24) is 14.7 Å². The van der Waals surface area contributed by atoms with Crippen LogP contribution < -0.4 is 9.62 Å². The van der Waals surface area contributed by atoms with E-state index in [9.17, 15) is 23.3 Å². The second-order valence-corrected chi connectivity index (χ2v) is 8.74. The fourth-order valence-corrected chi connectivity index (χ4v) is 4.28. The lowest BCUT2D eigenvalue weighted by Crippen LogP contribution is -2.55. The van der Waals surface area contributed by atoms with Crippen LogP contribution in [-0.4, -0.2) is 50.0 Å². The second-order valence-electron chi connectivity index (χ2n) is 7.01. The van der Waals surface area contributed by atoms with Gasteiger partial charge in [0.15, 0.2) is 0 Å². The van der Waals surface area contributed by atoms with Crippen LogP contribution in [0.25, 0.3) is 0 Å². The van der Waals surface area contributed by atoms with Crippen molar-refractivity contribution in [1.29, 1.82) is 5.26 Å². The molecule has 0 aromatic carbocycles. The Morgan fingerprint density at radius 1 is 1.39 bits per heavy atom. The van der Waals surface area contributed by atoms with Gasteiger partial charge in [-0.1, -0.05) is 6.07 Å². The standard InChI is InChI=1S/C20H21N5O5S/c1-3-30-20(27)17-7-15(8-21)18(23-13(17)2)25-10-16(11-25)19(26)24-31(28,29)12-14-5-4-6-22-9-14/h4-7,9,16H,3,10-12H2,1-2H3,(H,24,26). The summed E-state index contributed by atoms with van der Waals surface area (Å²) in [5, 5.41) is 9.45. The fraction of sp³-hybridized carbons (Fsp3) is 0.350. The molecule has 1 saturated heterocycles. The molecule has 0 saturated carbocycles. The molecule has 0 atom stereocenters. The zero-order chi connectivity index (χ0) is 22.6. The zero-order valence-corrected chi connectivity index (χ0v) is 17.8. The molecule has 1 aliphatic heterocycles. The van der Waals surface area contributed by atoms with Crippen molar-refractivity contribution < 1.29 is 22.7 Å². The number of hydrogen-bond acceptors (Lipinski definition) is 9. The summed E-state index contributed by atoms with van der Waals surface area (Å²) in [5.74, 6) is -1.75. The van der Waals surface area contributed by atoms with Gasteiger partial charge in [0.25, 0.3) is 0 Å². The van der Waals surface area contributed by atoms with E-state index in [-0.39, 0.29) is 36.6 Å². The number of sulfonamides is 1. The van der Waals surface area contributed by atoms with Crippen LogP contribution >= 0.6 is 0 Å². The molecular weight excluding hydrogens is 422 g/mol. The summed E-state index contributed by atoms with van der Waals surface area (Å²) in [4.78, 5) is 34.3. The monoisotopic (exact) mass is 443 g/mol. The number of hydrogen-bond donors (Lipinski definition) is 1. The minimum absolute atomic E-state index is 0.178. The van der Waals surface area contributed by atoms with Crippen molar-refractivity contribution in [2.24, 2.45) is 5.92 Å². The second kappa shape index (κ2) is 9.09. The quantitative estimate of drug-likeness (QED) is 0.618. The number of ether oxygens (including phenoxy) is 1. The van der Waals surface area contributed by atoms with Gasteiger partial charge in [-0.15, -0.1) is 0 Å². The molecule has 162 valence electrons. The lowest BCUT2D eigenvalue weighted by molar-refractivity contribution is -0.123. The maximum atomic E-state index is 12.4. The molecule has 1 amide bonds. The summed E-state index contributed by atoms with van der Waals surface area (Å²) < 4.78 is 31.5. The number of nitrogens with one attached hydrogen (secondary N) is 1. The van der Waals surface area contributed by atoms with E-state index in [0.29, 0.717) is 17.1 Å². The van der Waals surface area contributed by atoms with Crippen LogP contribution in [0.4, 0.5) is 5.82 Å². The van der Waals surface area contributed by atoms with Crippen LogP contribution in [0.1, 0.15) is 34.1 Å². The Labute approximate surface area is 179 Å². The van der Waals surface area contributed by atoms with E-state index in [1.165, 1.54) is 18.5 Å². The Balaban J connectivity index is 1.65. The number of aryl methyl sites for hydroxylation is 1. The summed E-state index contributed by atoms with van der Waals surface area (Å²) in [5.41, 5.74) is 1.26. The van der Waals surface area contributed by atoms with E-state index >= 15 is 0 Å². The van der Waals surface area contributed by atoms with Crippen molar-refractivity contribution in [2.45, 2.75) is 19.6 Å². The van der Waals surface area contributed by atoms with E-state index in [0.717, 1.165) is 0 Å². The number of anilines is 1. The molecule has 0 aliphatic carbocycles. The van der Waals surface area contributed by atoms with Gasteiger partial charge in [0.05, 0.1) is 35.1 Å². The van der Waals surface area contributed by atoms with Crippen molar-refractivity contribution in [3.05, 3.63) is 53.0 Å². The van der Waals surface area contributed by atoms with E-state index in [1.54, 1.807) is 30.9 Å². The molecule has 1 aliphatic rings. The highest BCUT2D eigenvalue weighted by Gasteiger charge is 2.36. The van der Waals surface area contributed by atoms with Gasteiger partial charge in [-0.25, -0.2) is 18.2 Å². The molecule has 2 aromatic heterocycles. The Bertz CT molecular complexity index is 1140. The normalized spacial score (nSPS) is 13.8. The lowest BCUT2D eigenvalue weighted by Gasteiger charge is -2.39. The summed E-state index contributed by atoms with van der Waals surface area (Å²) in [6, 6.07) is 6.65. The minimum Gasteiger partial charge on any atom is -0.462 e. The fourth-order valence-electron chi connectivity index (χ4n) is 3.12. The van der Waals surface area contributed by atoms with Crippen molar-refractivity contribution in [3.8, 4) is 6.07 Å². The Morgan fingerprint density at radius 2 is 2.13 bits per heavy atom. The highest BCUT2D eigenvalue weighted by Crippen LogP contribution is 2.28. The maximum Gasteiger partial charge on any atom is 0.340 e. The van der Waals surface area contributed by atoms with Gasteiger partial charge < -0.3 is 9.64 Å². The molecule has 0 unspecified atom stereocenters. The molecule has 31 heavy (non-hydrogen) atoms. The molecule has 3 rings (SSSR count). The van der Waals surface area contributed by atoms with Gasteiger partial charge >= 0.3 is 5.97 Å². The van der Waals surface area contributed by atoms with Crippen molar-refractivity contribution >= 4 is 27.7 Å². The van der Waals surface area contributed by atoms with Gasteiger partial charge in [-0.2, -0.15) is 5.26 Å². The molecule has 1 fully saturated rings. The minimum atomic E-state index is -3.85. The Hall–Kier alpha value is -3.52. The van der Waals surface area contributed by atoms with Gasteiger partial charge in [-0.3, -0.25) is 14.5 Å². The third kappa shape index (κ3) is 5.16. The maximum absolute atomic E-state index is 12.4. The average molecular weight is 443 g/mol. The number of amides is 1. The van der Waals surface area contributed by atoms with Gasteiger partial charge in [0.1, 0.15) is 11.9 Å². The Morgan fingerprint density at radius 3 is 2.74 bits per heavy atom. The SMILES string of the molecule is CCOC(=O)c1cc(C#N)c(N2CC(C(=O)NS(=O)(=O)Cc3cccnc3)C2)nc1C. The first-order chi connectivity index (χ1) is 14.7. The first-order valence-corrected chi connectivity index (χ1v) is 11.2. The predicted molar refractivity (Wildman–Crippen MR) is 110 cm³/mol. The number of carbonyl (C=O) groups excluding carboxylic acids is 2. The molecule has 0 bridgehead atoms. The van der Waals surface area contributed by atoms with Gasteiger partial charge in [-0.05, 0) is 31.5 Å². The number of nitriles is 1. The average Bonchev–Trinajstić information content (AvgIpc) is 2.67. The molecule has 0 spiro atoms. The van der Waals surface area contributed by atoms with Crippen LogP contribution in [-0.2, 0) is 25.3 Å². The summed E-state index contributed by atoms with van der Waals surface area (Å²) in [6.45, 7) is 3.92. The third-order valence-corrected chi connectivity index (χ3v) is 5.92. The summed E-state index contributed by atoms with van der Waals surface area (Å²) in [6.07, 6.45) is 2.95. The van der Waals surface area contributed by atoms with E-state index < -0.39 is 27.8 Å². The van der Waals surface area contributed by atoms with Crippen molar-refractivity contribution in [3.63, 3.8) is 0 Å². The lowest BCUT2D eigenvalue weighted by atomic mass is 9.98. The van der Waals surface area contributed by atoms with Crippen LogP contribution in [0.5, 0.6) is 0 Å². The van der Waals surface area contributed by atoms with E-state index in [2.05, 4.69) is 14.7 Å². The first-order valence-electron chi connectivity index (χ1n) is 9.51. The molecule has 11 heteroatoms. The van der Waals surface area contributed by atoms with E-state index in [1.807, 2.05) is 6.07 Å². The number of rotatable bonds is 7. The highest BCUT2D eigenvalue weighted by atomic mass is 32.2. The van der Waals surface area contributed by atoms with Gasteiger partial charge in [0, 0.05) is 25.5 Å². The highest BCUT2D eigenvalue weighted by molar-refractivity contribution is 7.89. The summed E-state index contributed by atoms with van der Waals surface area (Å²) >= 11 is 0. The topological polar surface area (TPSA) is 142 Å². The van der Waals surface area contributed by atoms with Crippen LogP contribution in [0.2, 0.25) is 0 Å². The molecular formula is C20H21N5O5S. The van der Waals surface area contributed by atoms with Crippen molar-refractivity contribution in [2.75, 3.05) is 24.6 Å². The number of nitrogens with zero attached hydrogens (tertiary/aromatic N) is 4. The Kier molecular flexibility index (Phi) is 6.50. The number of pyridine rings is 2. The molecule has 2 aromatic rings. The van der Waals surface area contributed by atoms with Crippen LogP contribution in [0, 0.1) is 24.2 Å². The molecule has 0 radical (unpaired) electrons. The predicted octanol–water partition coefficient (Wildman–Crippen LogP) is 0.916. The zero-order valence-electron chi connectivity index (χ0n) is 17.0. The van der Waals surface area contributed by atoms with Gasteiger partial charge in [0.2, 0.25) is 15.9 Å². The van der Waals surface area contributed by atoms with E-state index in [4.69, 9.17) is 4.74 Å². The number of aromatic nitrogens is 2. The molecule has 10 nitrogen and oxygen atoms in total. The summed E-state index contributed by atoms with van der Waals surface area (Å²) in [7, 11) is -3.85. The first kappa shape index (κ1) is 22.2. The molecule has 1 N–H and O–H groups in total. The smallest absolute Gasteiger partial charge is 0.340 e. The van der Waals surface area contributed by atoms with Crippen LogP contribution in [0.15, 0.2) is 30.6 Å². The molecule has 3 heterocycles. The third-order valence-electron chi connectivity index (χ3n) is 4.70. The largest absolute Gasteiger partial charge is 0.462 e. The number of esters is 1.